The first-order valence-electron chi connectivity index (χ1n) is 9.21. The fourth-order valence-corrected chi connectivity index (χ4v) is 3.08. The molecule has 1 aliphatic heterocycles. The minimum Gasteiger partial charge on any atom is -0.486 e. The van der Waals surface area contributed by atoms with Crippen LogP contribution in [0.3, 0.4) is 0 Å². The van der Waals surface area contributed by atoms with Crippen molar-refractivity contribution in [2.45, 2.75) is 32.5 Å². The van der Waals surface area contributed by atoms with E-state index in [4.69, 9.17) is 9.47 Å². The van der Waals surface area contributed by atoms with Gasteiger partial charge in [0.15, 0.2) is 11.5 Å². The molecule has 0 bridgehead atoms. The molecule has 2 unspecified atom stereocenters. The second-order valence-corrected chi connectivity index (χ2v) is 6.61. The van der Waals surface area contributed by atoms with E-state index in [-0.39, 0.29) is 23.9 Å². The number of halogens is 1. The molecule has 144 valence electrons. The number of carbonyl (C=O) groups is 1. The minimum absolute atomic E-state index is 0.0710. The first-order chi connectivity index (χ1) is 13.1. The first kappa shape index (κ1) is 19.2. The molecular weight excluding hydrogens is 347 g/mol. The van der Waals surface area contributed by atoms with Crippen molar-refractivity contribution in [3.05, 3.63) is 59.9 Å². The van der Waals surface area contributed by atoms with Gasteiger partial charge in [0.25, 0.3) is 0 Å². The van der Waals surface area contributed by atoms with Crippen molar-refractivity contribution < 1.29 is 18.7 Å². The molecule has 6 heteroatoms. The van der Waals surface area contributed by atoms with Crippen molar-refractivity contribution in [1.29, 1.82) is 0 Å². The standard InChI is InChI=1S/C21H25FN2O3/c1-3-24(13-18-14-26-19-6-4-5-7-20(19)27-18)15(2)21(25)23-12-16-8-10-17(22)11-9-16/h4-11,15,18H,3,12-14H2,1-2H3,(H,23,25). The number of amides is 1. The van der Waals surface area contributed by atoms with Gasteiger partial charge in [-0.05, 0) is 43.3 Å². The Bertz CT molecular complexity index is 766. The third-order valence-corrected chi connectivity index (χ3v) is 4.72. The Kier molecular flexibility index (Phi) is 6.29. The molecule has 3 rings (SSSR count). The Morgan fingerprint density at radius 1 is 1.22 bits per heavy atom. The van der Waals surface area contributed by atoms with Gasteiger partial charge >= 0.3 is 0 Å². The lowest BCUT2D eigenvalue weighted by molar-refractivity contribution is -0.126. The van der Waals surface area contributed by atoms with Gasteiger partial charge in [0.05, 0.1) is 6.04 Å². The summed E-state index contributed by atoms with van der Waals surface area (Å²) in [6.45, 7) is 6.03. The second-order valence-electron chi connectivity index (χ2n) is 6.61. The molecule has 5 nitrogen and oxygen atoms in total. The summed E-state index contributed by atoms with van der Waals surface area (Å²) in [5.41, 5.74) is 0.862. The molecule has 0 spiro atoms. The van der Waals surface area contributed by atoms with Gasteiger partial charge in [-0.3, -0.25) is 9.69 Å². The van der Waals surface area contributed by atoms with E-state index in [2.05, 4.69) is 10.2 Å². The van der Waals surface area contributed by atoms with Gasteiger partial charge in [0.2, 0.25) is 5.91 Å². The molecule has 27 heavy (non-hydrogen) atoms. The van der Waals surface area contributed by atoms with Crippen LogP contribution in [-0.4, -0.2) is 42.6 Å². The van der Waals surface area contributed by atoms with Crippen LogP contribution in [-0.2, 0) is 11.3 Å². The highest BCUT2D eigenvalue weighted by molar-refractivity contribution is 5.81. The summed E-state index contributed by atoms with van der Waals surface area (Å²) in [6, 6.07) is 13.4. The van der Waals surface area contributed by atoms with Crippen molar-refractivity contribution in [3.63, 3.8) is 0 Å². The van der Waals surface area contributed by atoms with Crippen molar-refractivity contribution in [1.82, 2.24) is 10.2 Å². The summed E-state index contributed by atoms with van der Waals surface area (Å²) in [5, 5.41) is 2.91. The van der Waals surface area contributed by atoms with Crippen LogP contribution in [0.1, 0.15) is 19.4 Å². The number of para-hydroxylation sites is 2. The molecule has 2 atom stereocenters. The number of hydrogen-bond acceptors (Lipinski definition) is 4. The number of ether oxygens (including phenoxy) is 2. The SMILES string of the molecule is CCN(CC1COc2ccccc2O1)C(C)C(=O)NCc1ccc(F)cc1. The quantitative estimate of drug-likeness (QED) is 0.812. The largest absolute Gasteiger partial charge is 0.486 e. The third kappa shape index (κ3) is 4.98. The van der Waals surface area contributed by atoms with Gasteiger partial charge in [-0.2, -0.15) is 0 Å². The van der Waals surface area contributed by atoms with Crippen LogP contribution < -0.4 is 14.8 Å². The first-order valence-corrected chi connectivity index (χ1v) is 9.21. The summed E-state index contributed by atoms with van der Waals surface area (Å²) in [7, 11) is 0. The van der Waals surface area contributed by atoms with Gasteiger partial charge in [0.1, 0.15) is 18.5 Å². The molecule has 1 amide bonds. The normalized spacial score (nSPS) is 16.8. The zero-order chi connectivity index (χ0) is 19.2. The van der Waals surface area contributed by atoms with E-state index in [1.807, 2.05) is 38.1 Å². The predicted octanol–water partition coefficient (Wildman–Crippen LogP) is 2.99. The number of nitrogens with zero attached hydrogens (tertiary/aromatic N) is 1. The molecular formula is C21H25FN2O3. The zero-order valence-corrected chi connectivity index (χ0v) is 15.7. The number of carbonyl (C=O) groups excluding carboxylic acids is 1. The number of likely N-dealkylation sites (N-methyl/N-ethyl adjacent to an activating group) is 1. The molecule has 2 aromatic carbocycles. The molecule has 0 aliphatic carbocycles. The van der Waals surface area contributed by atoms with E-state index >= 15 is 0 Å². The van der Waals surface area contributed by atoms with Crippen molar-refractivity contribution in [3.8, 4) is 11.5 Å². The number of rotatable bonds is 7. The Morgan fingerprint density at radius 3 is 2.63 bits per heavy atom. The Hall–Kier alpha value is -2.60. The Morgan fingerprint density at radius 2 is 1.93 bits per heavy atom. The van der Waals surface area contributed by atoms with Gasteiger partial charge < -0.3 is 14.8 Å². The molecule has 0 aromatic heterocycles. The van der Waals surface area contributed by atoms with Crippen LogP contribution in [0.15, 0.2) is 48.5 Å². The lowest BCUT2D eigenvalue weighted by atomic mass is 10.2. The molecule has 2 aromatic rings. The Labute approximate surface area is 159 Å². The maximum Gasteiger partial charge on any atom is 0.237 e. The topological polar surface area (TPSA) is 50.8 Å². The highest BCUT2D eigenvalue weighted by Gasteiger charge is 2.27. The van der Waals surface area contributed by atoms with Gasteiger partial charge in [-0.25, -0.2) is 4.39 Å². The van der Waals surface area contributed by atoms with E-state index in [0.29, 0.717) is 26.2 Å². The van der Waals surface area contributed by atoms with E-state index in [1.165, 1.54) is 12.1 Å². The van der Waals surface area contributed by atoms with Crippen LogP contribution >= 0.6 is 0 Å². The van der Waals surface area contributed by atoms with Crippen molar-refractivity contribution in [2.24, 2.45) is 0 Å². The number of benzene rings is 2. The van der Waals surface area contributed by atoms with Crippen LogP contribution in [0.5, 0.6) is 11.5 Å². The second kappa shape index (κ2) is 8.86. The lowest BCUT2D eigenvalue weighted by Crippen LogP contribution is -2.50. The fraction of sp³-hybridized carbons (Fsp3) is 0.381. The lowest BCUT2D eigenvalue weighted by Gasteiger charge is -2.33. The smallest absolute Gasteiger partial charge is 0.237 e. The summed E-state index contributed by atoms with van der Waals surface area (Å²) >= 11 is 0. The summed E-state index contributed by atoms with van der Waals surface area (Å²) < 4.78 is 24.7. The maximum absolute atomic E-state index is 13.0. The van der Waals surface area contributed by atoms with Gasteiger partial charge in [-0.15, -0.1) is 0 Å². The molecule has 0 saturated carbocycles. The van der Waals surface area contributed by atoms with Gasteiger partial charge in [-0.1, -0.05) is 31.2 Å². The molecule has 1 N–H and O–H groups in total. The highest BCUT2D eigenvalue weighted by atomic mass is 19.1. The average Bonchev–Trinajstić information content (AvgIpc) is 2.70. The maximum atomic E-state index is 13.0. The minimum atomic E-state index is -0.309. The summed E-state index contributed by atoms with van der Waals surface area (Å²) in [4.78, 5) is 14.6. The van der Waals surface area contributed by atoms with E-state index < -0.39 is 0 Å². The van der Waals surface area contributed by atoms with Crippen LogP contribution in [0, 0.1) is 5.82 Å². The average molecular weight is 372 g/mol. The number of nitrogens with one attached hydrogen (secondary N) is 1. The van der Waals surface area contributed by atoms with Crippen LogP contribution in [0.2, 0.25) is 0 Å². The van der Waals surface area contributed by atoms with Crippen LogP contribution in [0.25, 0.3) is 0 Å². The fourth-order valence-electron chi connectivity index (χ4n) is 3.08. The summed E-state index contributed by atoms with van der Waals surface area (Å²) in [5.74, 6) is 1.13. The van der Waals surface area contributed by atoms with Crippen molar-refractivity contribution in [2.75, 3.05) is 19.7 Å². The molecule has 0 fully saturated rings. The molecule has 1 heterocycles. The van der Waals surface area contributed by atoms with Crippen molar-refractivity contribution >= 4 is 5.91 Å². The monoisotopic (exact) mass is 372 g/mol. The number of fused-ring (bicyclic) bond motifs is 1. The van der Waals surface area contributed by atoms with Crippen LogP contribution in [0.4, 0.5) is 4.39 Å². The zero-order valence-electron chi connectivity index (χ0n) is 15.7. The molecule has 0 radical (unpaired) electrons. The van der Waals surface area contributed by atoms with Gasteiger partial charge in [0, 0.05) is 13.1 Å². The predicted molar refractivity (Wildman–Crippen MR) is 101 cm³/mol. The third-order valence-electron chi connectivity index (χ3n) is 4.72. The van der Waals surface area contributed by atoms with E-state index in [1.54, 1.807) is 12.1 Å². The molecule has 1 aliphatic rings. The van der Waals surface area contributed by atoms with E-state index in [9.17, 15) is 9.18 Å². The summed E-state index contributed by atoms with van der Waals surface area (Å²) in [6.07, 6.45) is -0.132. The van der Waals surface area contributed by atoms with E-state index in [0.717, 1.165) is 17.1 Å². The highest BCUT2D eigenvalue weighted by Crippen LogP contribution is 2.31. The Balaban J connectivity index is 1.53. The number of hydrogen-bond donors (Lipinski definition) is 1. The molecule has 0 saturated heterocycles.